The van der Waals surface area contributed by atoms with Crippen LogP contribution in [0.3, 0.4) is 0 Å². The molecular formula is C17H16N6S3. The monoisotopic (exact) mass is 400 g/mol. The molecule has 6 nitrogen and oxygen atoms in total. The third-order valence-corrected chi connectivity index (χ3v) is 6.04. The molecule has 0 atom stereocenters. The lowest BCUT2D eigenvalue weighted by atomic mass is 9.87. The van der Waals surface area contributed by atoms with E-state index in [1.165, 1.54) is 0 Å². The Morgan fingerprint density at radius 1 is 0.808 bits per heavy atom. The molecule has 0 amide bonds. The summed E-state index contributed by atoms with van der Waals surface area (Å²) in [5, 5.41) is 15.1. The van der Waals surface area contributed by atoms with E-state index in [9.17, 15) is 0 Å². The maximum Gasteiger partial charge on any atom is 0.189 e. The van der Waals surface area contributed by atoms with E-state index in [0.29, 0.717) is 0 Å². The van der Waals surface area contributed by atoms with E-state index in [1.54, 1.807) is 46.4 Å². The first-order valence-corrected chi connectivity index (χ1v) is 10.5. The minimum Gasteiger partial charge on any atom is -0.316 e. The number of rotatable bonds is 6. The Kier molecular flexibility index (Phi) is 4.66. The molecule has 0 saturated heterocycles. The van der Waals surface area contributed by atoms with Crippen molar-refractivity contribution in [1.29, 1.82) is 0 Å². The molecule has 0 spiro atoms. The Morgan fingerprint density at radius 3 is 2.15 bits per heavy atom. The van der Waals surface area contributed by atoms with Crippen LogP contribution in [0.2, 0.25) is 0 Å². The molecule has 4 rings (SSSR count). The van der Waals surface area contributed by atoms with Crippen LogP contribution in [0.5, 0.6) is 0 Å². The molecule has 0 unspecified atom stereocenters. The molecular weight excluding hydrogens is 384 g/mol. The van der Waals surface area contributed by atoms with Crippen molar-refractivity contribution in [2.24, 2.45) is 0 Å². The summed E-state index contributed by atoms with van der Waals surface area (Å²) in [6.07, 6.45) is 3.53. The molecule has 4 heterocycles. The summed E-state index contributed by atoms with van der Waals surface area (Å²) in [6.45, 7) is 4.27. The molecule has 4 aromatic rings. The highest BCUT2D eigenvalue weighted by Crippen LogP contribution is 2.36. The first-order valence-electron chi connectivity index (χ1n) is 7.88. The van der Waals surface area contributed by atoms with Crippen LogP contribution in [0.4, 0.5) is 21.2 Å². The van der Waals surface area contributed by atoms with Crippen LogP contribution in [-0.4, -0.2) is 19.9 Å². The second-order valence-corrected chi connectivity index (χ2v) is 8.61. The van der Waals surface area contributed by atoms with Crippen LogP contribution in [0.15, 0.2) is 46.7 Å². The molecule has 0 aliphatic heterocycles. The van der Waals surface area contributed by atoms with E-state index >= 15 is 0 Å². The summed E-state index contributed by atoms with van der Waals surface area (Å²) in [5.74, 6) is 0.787. The van der Waals surface area contributed by atoms with Crippen LogP contribution in [0.1, 0.15) is 25.2 Å². The van der Waals surface area contributed by atoms with Gasteiger partial charge in [0.1, 0.15) is 5.82 Å². The average molecular weight is 401 g/mol. The molecule has 0 fully saturated rings. The summed E-state index contributed by atoms with van der Waals surface area (Å²) in [6, 6.07) is 5.75. The Balaban J connectivity index is 1.52. The van der Waals surface area contributed by atoms with Gasteiger partial charge in [-0.2, -0.15) is 0 Å². The molecule has 0 aromatic carbocycles. The fraction of sp³-hybridized carbons (Fsp3) is 0.176. The Hall–Kier alpha value is -2.36. The summed E-state index contributed by atoms with van der Waals surface area (Å²) in [5.41, 5.74) is 1.67. The first-order chi connectivity index (χ1) is 12.6. The lowest BCUT2D eigenvalue weighted by Crippen LogP contribution is -2.20. The van der Waals surface area contributed by atoms with E-state index in [-0.39, 0.29) is 5.41 Å². The van der Waals surface area contributed by atoms with Crippen molar-refractivity contribution in [1.82, 2.24) is 19.9 Å². The quantitative estimate of drug-likeness (QED) is 0.459. The minimum atomic E-state index is -0.292. The summed E-state index contributed by atoms with van der Waals surface area (Å²) in [7, 11) is 0. The Labute approximate surface area is 163 Å². The summed E-state index contributed by atoms with van der Waals surface area (Å²) >= 11 is 4.69. The molecule has 0 aliphatic carbocycles. The predicted octanol–water partition coefficient (Wildman–Crippen LogP) is 5.26. The van der Waals surface area contributed by atoms with Crippen molar-refractivity contribution in [2.45, 2.75) is 19.3 Å². The number of hydrogen-bond acceptors (Lipinski definition) is 9. The second kappa shape index (κ2) is 7.10. The van der Waals surface area contributed by atoms with Gasteiger partial charge in [0.15, 0.2) is 15.4 Å². The van der Waals surface area contributed by atoms with Gasteiger partial charge in [0, 0.05) is 28.5 Å². The summed E-state index contributed by atoms with van der Waals surface area (Å²) < 4.78 is 0. The van der Waals surface area contributed by atoms with Gasteiger partial charge in [0.05, 0.1) is 16.8 Å². The standard InChI is InChI=1S/C17H16N6S3/c1-17(2,12-10-26-16(21-12)23-14-19-7-8-24-14)11-9-25-15(20-11)22-13-5-3-4-6-18-13/h3-10H,1-2H3,(H,18,20,22)(H,19,21,23). The number of anilines is 4. The maximum absolute atomic E-state index is 4.74. The number of hydrogen-bond donors (Lipinski definition) is 2. The van der Waals surface area contributed by atoms with Crippen molar-refractivity contribution >= 4 is 55.2 Å². The zero-order valence-electron chi connectivity index (χ0n) is 14.1. The topological polar surface area (TPSA) is 75.6 Å². The van der Waals surface area contributed by atoms with Crippen LogP contribution in [-0.2, 0) is 5.41 Å². The van der Waals surface area contributed by atoms with Crippen molar-refractivity contribution in [2.75, 3.05) is 10.6 Å². The van der Waals surface area contributed by atoms with Gasteiger partial charge in [-0.05, 0) is 26.0 Å². The molecule has 9 heteroatoms. The van der Waals surface area contributed by atoms with Crippen LogP contribution in [0, 0.1) is 0 Å². The highest BCUT2D eigenvalue weighted by atomic mass is 32.1. The third kappa shape index (κ3) is 3.59. The van der Waals surface area contributed by atoms with Crippen molar-refractivity contribution < 1.29 is 0 Å². The lowest BCUT2D eigenvalue weighted by molar-refractivity contribution is 0.605. The molecule has 0 radical (unpaired) electrons. The highest BCUT2D eigenvalue weighted by Gasteiger charge is 2.29. The number of nitrogens with zero attached hydrogens (tertiary/aromatic N) is 4. The third-order valence-electron chi connectivity index (χ3n) is 3.84. The number of aromatic nitrogens is 4. The van der Waals surface area contributed by atoms with E-state index in [4.69, 9.17) is 9.97 Å². The molecule has 0 bridgehead atoms. The van der Waals surface area contributed by atoms with Gasteiger partial charge in [-0.25, -0.2) is 19.9 Å². The van der Waals surface area contributed by atoms with E-state index in [1.807, 2.05) is 23.6 Å². The van der Waals surface area contributed by atoms with E-state index in [0.717, 1.165) is 32.6 Å². The van der Waals surface area contributed by atoms with Gasteiger partial charge in [0.25, 0.3) is 0 Å². The van der Waals surface area contributed by atoms with Crippen molar-refractivity contribution in [3.63, 3.8) is 0 Å². The van der Waals surface area contributed by atoms with E-state index in [2.05, 4.69) is 45.2 Å². The predicted molar refractivity (Wildman–Crippen MR) is 109 cm³/mol. The fourth-order valence-electron chi connectivity index (χ4n) is 2.29. The van der Waals surface area contributed by atoms with Gasteiger partial charge in [-0.3, -0.25) is 0 Å². The van der Waals surface area contributed by atoms with Crippen molar-refractivity contribution in [3.8, 4) is 0 Å². The normalized spacial score (nSPS) is 11.5. The average Bonchev–Trinajstić information content (AvgIpc) is 3.38. The van der Waals surface area contributed by atoms with Gasteiger partial charge in [-0.1, -0.05) is 6.07 Å². The first kappa shape index (κ1) is 17.1. The van der Waals surface area contributed by atoms with Gasteiger partial charge in [0.2, 0.25) is 0 Å². The molecule has 4 aromatic heterocycles. The van der Waals surface area contributed by atoms with Gasteiger partial charge >= 0.3 is 0 Å². The largest absolute Gasteiger partial charge is 0.316 e. The number of thiazole rings is 3. The van der Waals surface area contributed by atoms with Crippen LogP contribution in [0.25, 0.3) is 0 Å². The minimum absolute atomic E-state index is 0.292. The zero-order valence-corrected chi connectivity index (χ0v) is 16.6. The zero-order chi connectivity index (χ0) is 18.0. The van der Waals surface area contributed by atoms with Crippen molar-refractivity contribution in [3.05, 3.63) is 58.1 Å². The highest BCUT2D eigenvalue weighted by molar-refractivity contribution is 7.16. The molecule has 0 saturated carbocycles. The SMILES string of the molecule is CC(C)(c1csc(Nc2ccccn2)n1)c1csc(Nc2nccs2)n1. The smallest absolute Gasteiger partial charge is 0.189 e. The number of pyridine rings is 1. The van der Waals surface area contributed by atoms with Crippen LogP contribution >= 0.6 is 34.0 Å². The molecule has 2 N–H and O–H groups in total. The Bertz CT molecular complexity index is 975. The van der Waals surface area contributed by atoms with Gasteiger partial charge < -0.3 is 10.6 Å². The molecule has 132 valence electrons. The van der Waals surface area contributed by atoms with Gasteiger partial charge in [-0.15, -0.1) is 34.0 Å². The summed E-state index contributed by atoms with van der Waals surface area (Å²) in [4.78, 5) is 18.0. The van der Waals surface area contributed by atoms with Crippen LogP contribution < -0.4 is 10.6 Å². The second-order valence-electron chi connectivity index (χ2n) is 6.00. The fourth-order valence-corrected chi connectivity index (χ4v) is 4.65. The lowest BCUT2D eigenvalue weighted by Gasteiger charge is -2.19. The Morgan fingerprint density at radius 2 is 1.54 bits per heavy atom. The number of nitrogens with one attached hydrogen (secondary N) is 2. The molecule has 0 aliphatic rings. The van der Waals surface area contributed by atoms with E-state index < -0.39 is 0 Å². The maximum atomic E-state index is 4.74. The molecule has 26 heavy (non-hydrogen) atoms.